The number of nitrogens with zero attached hydrogens (tertiary/aromatic N) is 2. The van der Waals surface area contributed by atoms with E-state index in [4.69, 9.17) is 11.6 Å². The molecule has 0 bridgehead atoms. The van der Waals surface area contributed by atoms with Gasteiger partial charge < -0.3 is 20.1 Å². The van der Waals surface area contributed by atoms with Crippen LogP contribution in [0.2, 0.25) is 5.02 Å². The minimum atomic E-state index is -0.279. The number of halogens is 1. The molecule has 1 aromatic heterocycles. The number of aromatic nitrogens is 1. The maximum Gasteiger partial charge on any atom is 0.315 e. The fraction of sp³-hybridized carbons (Fsp3) is 0.381. The summed E-state index contributed by atoms with van der Waals surface area (Å²) in [6, 6.07) is 10.4. The minimum absolute atomic E-state index is 0.202. The number of amides is 3. The number of urea groups is 1. The van der Waals surface area contributed by atoms with Gasteiger partial charge in [-0.25, -0.2) is 4.79 Å². The van der Waals surface area contributed by atoms with Crippen molar-refractivity contribution in [1.82, 2.24) is 20.1 Å². The van der Waals surface area contributed by atoms with Crippen molar-refractivity contribution in [2.24, 2.45) is 13.0 Å². The standard InChI is InChI=1S/C21H25ClN4O3/c1-25-10-2-3-18(19(25)27)20(28)26-11-8-16(9-12-26)14-24-21(29)23-13-15-4-6-17(22)7-5-15/h2-7,10,16H,8-9,11-14H2,1H3,(H2,23,24,29). The molecule has 3 amide bonds. The molecular formula is C21H25ClN4O3. The van der Waals surface area contributed by atoms with Crippen LogP contribution in [-0.2, 0) is 13.6 Å². The first-order valence-electron chi connectivity index (χ1n) is 9.65. The Morgan fingerprint density at radius 1 is 1.10 bits per heavy atom. The summed E-state index contributed by atoms with van der Waals surface area (Å²) in [6.07, 6.45) is 3.21. The number of pyridine rings is 1. The Hall–Kier alpha value is -2.80. The van der Waals surface area contributed by atoms with E-state index in [-0.39, 0.29) is 23.1 Å². The predicted octanol–water partition coefficient (Wildman–Crippen LogP) is 2.39. The summed E-state index contributed by atoms with van der Waals surface area (Å²) >= 11 is 5.85. The van der Waals surface area contributed by atoms with Crippen LogP contribution in [0.1, 0.15) is 28.8 Å². The number of benzene rings is 1. The molecule has 3 rings (SSSR count). The maximum absolute atomic E-state index is 12.6. The first-order valence-corrected chi connectivity index (χ1v) is 10.0. The fourth-order valence-corrected chi connectivity index (χ4v) is 3.48. The molecule has 1 aromatic carbocycles. The summed E-state index contributed by atoms with van der Waals surface area (Å²) in [5.74, 6) is 0.0808. The van der Waals surface area contributed by atoms with Crippen LogP contribution in [0.15, 0.2) is 47.4 Å². The summed E-state index contributed by atoms with van der Waals surface area (Å²) in [5, 5.41) is 6.38. The highest BCUT2D eigenvalue weighted by atomic mass is 35.5. The minimum Gasteiger partial charge on any atom is -0.338 e. The van der Waals surface area contributed by atoms with E-state index in [9.17, 15) is 14.4 Å². The second kappa shape index (κ2) is 9.60. The topological polar surface area (TPSA) is 83.4 Å². The molecule has 1 fully saturated rings. The molecular weight excluding hydrogens is 392 g/mol. The molecule has 2 heterocycles. The molecule has 1 saturated heterocycles. The zero-order chi connectivity index (χ0) is 20.8. The summed E-state index contributed by atoms with van der Waals surface area (Å²) < 4.78 is 1.41. The summed E-state index contributed by atoms with van der Waals surface area (Å²) in [4.78, 5) is 38.5. The van der Waals surface area contributed by atoms with Gasteiger partial charge in [-0.1, -0.05) is 23.7 Å². The number of nitrogens with one attached hydrogen (secondary N) is 2. The average Bonchev–Trinajstić information content (AvgIpc) is 2.73. The summed E-state index contributed by atoms with van der Waals surface area (Å²) in [5.41, 5.74) is 0.898. The van der Waals surface area contributed by atoms with Crippen molar-refractivity contribution >= 4 is 23.5 Å². The molecule has 0 spiro atoms. The Morgan fingerprint density at radius 3 is 2.48 bits per heavy atom. The highest BCUT2D eigenvalue weighted by Crippen LogP contribution is 2.18. The van der Waals surface area contributed by atoms with Crippen molar-refractivity contribution in [3.8, 4) is 0 Å². The molecule has 0 atom stereocenters. The van der Waals surface area contributed by atoms with Crippen LogP contribution >= 0.6 is 11.6 Å². The van der Waals surface area contributed by atoms with Gasteiger partial charge >= 0.3 is 6.03 Å². The van der Waals surface area contributed by atoms with Gasteiger partial charge in [-0.15, -0.1) is 0 Å². The Bertz CT molecular complexity index is 918. The number of piperidine rings is 1. The third-order valence-electron chi connectivity index (χ3n) is 5.17. The second-order valence-corrected chi connectivity index (χ2v) is 7.70. The van der Waals surface area contributed by atoms with Crippen molar-refractivity contribution in [2.75, 3.05) is 19.6 Å². The third-order valence-corrected chi connectivity index (χ3v) is 5.43. The molecule has 7 nitrogen and oxygen atoms in total. The zero-order valence-electron chi connectivity index (χ0n) is 16.4. The molecule has 154 valence electrons. The molecule has 1 aliphatic rings. The SMILES string of the molecule is Cn1cccc(C(=O)N2CCC(CNC(=O)NCc3ccc(Cl)cc3)CC2)c1=O. The molecule has 0 radical (unpaired) electrons. The third kappa shape index (κ3) is 5.60. The lowest BCUT2D eigenvalue weighted by Crippen LogP contribution is -2.44. The number of likely N-dealkylation sites (tertiary alicyclic amines) is 1. The Morgan fingerprint density at radius 2 is 1.79 bits per heavy atom. The number of carbonyl (C=O) groups is 2. The maximum atomic E-state index is 12.6. The Balaban J connectivity index is 1.41. The van der Waals surface area contributed by atoms with Gasteiger partial charge in [0, 0.05) is 44.4 Å². The van der Waals surface area contributed by atoms with Gasteiger partial charge in [-0.3, -0.25) is 9.59 Å². The van der Waals surface area contributed by atoms with Gasteiger partial charge in [0.2, 0.25) is 0 Å². The van der Waals surface area contributed by atoms with Crippen molar-refractivity contribution in [3.05, 3.63) is 69.1 Å². The molecule has 1 aliphatic heterocycles. The second-order valence-electron chi connectivity index (χ2n) is 7.26. The number of aryl methyl sites for hydroxylation is 1. The highest BCUT2D eigenvalue weighted by Gasteiger charge is 2.25. The van der Waals surface area contributed by atoms with Gasteiger partial charge in [0.25, 0.3) is 11.5 Å². The Labute approximate surface area is 174 Å². The van der Waals surface area contributed by atoms with E-state index in [1.54, 1.807) is 42.4 Å². The lowest BCUT2D eigenvalue weighted by Gasteiger charge is -2.32. The van der Waals surface area contributed by atoms with Crippen LogP contribution in [0.25, 0.3) is 0 Å². The van der Waals surface area contributed by atoms with E-state index in [0.717, 1.165) is 18.4 Å². The monoisotopic (exact) mass is 416 g/mol. The first-order chi connectivity index (χ1) is 13.9. The molecule has 8 heteroatoms. The molecule has 0 unspecified atom stereocenters. The molecule has 29 heavy (non-hydrogen) atoms. The van der Waals surface area contributed by atoms with Crippen molar-refractivity contribution in [1.29, 1.82) is 0 Å². The normalized spacial score (nSPS) is 14.5. The van der Waals surface area contributed by atoms with Gasteiger partial charge in [0.15, 0.2) is 0 Å². The number of hydrogen-bond acceptors (Lipinski definition) is 3. The van der Waals surface area contributed by atoms with Gasteiger partial charge in [-0.05, 0) is 48.6 Å². The van der Waals surface area contributed by atoms with Gasteiger partial charge in [0.1, 0.15) is 5.56 Å². The molecule has 2 aromatic rings. The van der Waals surface area contributed by atoms with Crippen molar-refractivity contribution in [3.63, 3.8) is 0 Å². The van der Waals surface area contributed by atoms with E-state index in [1.807, 2.05) is 12.1 Å². The van der Waals surface area contributed by atoms with Crippen LogP contribution in [0, 0.1) is 5.92 Å². The number of rotatable bonds is 5. The number of carbonyl (C=O) groups excluding carboxylic acids is 2. The van der Waals surface area contributed by atoms with Crippen LogP contribution in [0.5, 0.6) is 0 Å². The van der Waals surface area contributed by atoms with Crippen LogP contribution in [-0.4, -0.2) is 41.0 Å². The van der Waals surface area contributed by atoms with E-state index >= 15 is 0 Å². The lowest BCUT2D eigenvalue weighted by atomic mass is 9.96. The average molecular weight is 417 g/mol. The van der Waals surface area contributed by atoms with E-state index < -0.39 is 0 Å². The van der Waals surface area contributed by atoms with E-state index in [2.05, 4.69) is 10.6 Å². The van der Waals surface area contributed by atoms with Crippen LogP contribution in [0.3, 0.4) is 0 Å². The Kier molecular flexibility index (Phi) is 6.93. The van der Waals surface area contributed by atoms with E-state index in [1.165, 1.54) is 4.57 Å². The van der Waals surface area contributed by atoms with Crippen LogP contribution in [0.4, 0.5) is 4.79 Å². The smallest absolute Gasteiger partial charge is 0.315 e. The molecule has 0 aliphatic carbocycles. The summed E-state index contributed by atoms with van der Waals surface area (Å²) in [6.45, 7) is 2.15. The molecule has 2 N–H and O–H groups in total. The van der Waals surface area contributed by atoms with Gasteiger partial charge in [-0.2, -0.15) is 0 Å². The number of hydrogen-bond donors (Lipinski definition) is 2. The van der Waals surface area contributed by atoms with Crippen molar-refractivity contribution < 1.29 is 9.59 Å². The lowest BCUT2D eigenvalue weighted by molar-refractivity contribution is 0.0688. The van der Waals surface area contributed by atoms with Crippen molar-refractivity contribution in [2.45, 2.75) is 19.4 Å². The van der Waals surface area contributed by atoms with Gasteiger partial charge in [0.05, 0.1) is 0 Å². The van der Waals surface area contributed by atoms with E-state index in [0.29, 0.717) is 37.1 Å². The molecule has 0 saturated carbocycles. The largest absolute Gasteiger partial charge is 0.338 e. The highest BCUT2D eigenvalue weighted by molar-refractivity contribution is 6.30. The quantitative estimate of drug-likeness (QED) is 0.785. The summed E-state index contributed by atoms with van der Waals surface area (Å²) in [7, 11) is 1.63. The predicted molar refractivity (Wildman–Crippen MR) is 112 cm³/mol. The first kappa shape index (κ1) is 20.9. The zero-order valence-corrected chi connectivity index (χ0v) is 17.1. The van der Waals surface area contributed by atoms with Crippen LogP contribution < -0.4 is 16.2 Å². The fourth-order valence-electron chi connectivity index (χ4n) is 3.35.